The number of hydrogen-bond acceptors (Lipinski definition) is 3. The van der Waals surface area contributed by atoms with Crippen LogP contribution in [0.2, 0.25) is 0 Å². The van der Waals surface area contributed by atoms with E-state index in [2.05, 4.69) is 17.2 Å². The summed E-state index contributed by atoms with van der Waals surface area (Å²) in [6.45, 7) is 7.66. The van der Waals surface area contributed by atoms with E-state index in [1.54, 1.807) is 13.0 Å². The molecule has 4 nitrogen and oxygen atoms in total. The Bertz CT molecular complexity index is 402. The molecular weight excluding hydrogens is 204 g/mol. The lowest BCUT2D eigenvalue weighted by Crippen LogP contribution is -2.17. The highest BCUT2D eigenvalue weighted by Crippen LogP contribution is 2.21. The summed E-state index contributed by atoms with van der Waals surface area (Å²) in [7, 11) is 0. The number of hydrogen-bond donors (Lipinski definition) is 2. The Morgan fingerprint density at radius 3 is 2.69 bits per heavy atom. The van der Waals surface area contributed by atoms with E-state index in [1.165, 1.54) is 0 Å². The molecule has 4 heteroatoms. The predicted molar refractivity (Wildman–Crippen MR) is 64.0 cm³/mol. The molecule has 0 aliphatic carbocycles. The number of aromatic nitrogens is 1. The number of aryl methyl sites for hydroxylation is 2. The Morgan fingerprint density at radius 2 is 2.19 bits per heavy atom. The van der Waals surface area contributed by atoms with Crippen LogP contribution in [0.1, 0.15) is 42.0 Å². The van der Waals surface area contributed by atoms with Crippen LogP contribution in [0.15, 0.2) is 6.07 Å². The molecule has 0 aliphatic heterocycles. The zero-order valence-corrected chi connectivity index (χ0v) is 10.2. The lowest BCUT2D eigenvalue weighted by atomic mass is 10.1. The quantitative estimate of drug-likeness (QED) is 0.822. The van der Waals surface area contributed by atoms with Crippen LogP contribution in [0, 0.1) is 13.8 Å². The van der Waals surface area contributed by atoms with Crippen molar-refractivity contribution in [2.75, 3.05) is 5.32 Å². The summed E-state index contributed by atoms with van der Waals surface area (Å²) >= 11 is 0. The summed E-state index contributed by atoms with van der Waals surface area (Å²) in [5, 5.41) is 12.3. The maximum atomic E-state index is 11.1. The summed E-state index contributed by atoms with van der Waals surface area (Å²) in [4.78, 5) is 15.3. The van der Waals surface area contributed by atoms with Crippen molar-refractivity contribution in [1.82, 2.24) is 4.98 Å². The number of carboxylic acid groups (broad SMARTS) is 1. The molecule has 0 amide bonds. The van der Waals surface area contributed by atoms with E-state index in [0.717, 1.165) is 12.1 Å². The highest BCUT2D eigenvalue weighted by molar-refractivity contribution is 5.95. The molecule has 1 rings (SSSR count). The van der Waals surface area contributed by atoms with Crippen LogP contribution in [0.25, 0.3) is 0 Å². The Kier molecular flexibility index (Phi) is 3.88. The van der Waals surface area contributed by atoms with Crippen molar-refractivity contribution in [3.63, 3.8) is 0 Å². The van der Waals surface area contributed by atoms with Crippen molar-refractivity contribution in [3.8, 4) is 0 Å². The lowest BCUT2D eigenvalue weighted by Gasteiger charge is -2.16. The molecular formula is C12H18N2O2. The average Bonchev–Trinajstić information content (AvgIpc) is 2.15. The van der Waals surface area contributed by atoms with E-state index in [0.29, 0.717) is 11.4 Å². The Morgan fingerprint density at radius 1 is 1.56 bits per heavy atom. The number of anilines is 1. The van der Waals surface area contributed by atoms with Crippen LogP contribution in [0.4, 0.5) is 5.69 Å². The number of rotatable bonds is 4. The molecule has 0 bridgehead atoms. The number of carboxylic acids is 1. The third kappa shape index (κ3) is 2.72. The number of carbonyl (C=O) groups is 1. The molecule has 1 aromatic heterocycles. The summed E-state index contributed by atoms with van der Waals surface area (Å²) in [5.74, 6) is -0.934. The highest BCUT2D eigenvalue weighted by Gasteiger charge is 2.16. The molecule has 0 radical (unpaired) electrons. The summed E-state index contributed by atoms with van der Waals surface area (Å²) in [5.41, 5.74) is 2.31. The van der Waals surface area contributed by atoms with Gasteiger partial charge in [-0.25, -0.2) is 4.79 Å². The second kappa shape index (κ2) is 4.96. The van der Waals surface area contributed by atoms with Crippen molar-refractivity contribution in [2.24, 2.45) is 0 Å². The fourth-order valence-electron chi connectivity index (χ4n) is 1.58. The number of aromatic carboxylic acids is 1. The monoisotopic (exact) mass is 222 g/mol. The Balaban J connectivity index is 3.19. The summed E-state index contributed by atoms with van der Waals surface area (Å²) in [6, 6.07) is 2.03. The summed E-state index contributed by atoms with van der Waals surface area (Å²) < 4.78 is 0. The van der Waals surface area contributed by atoms with Gasteiger partial charge in [-0.3, -0.25) is 4.98 Å². The molecule has 88 valence electrons. The standard InChI is InChI=1S/C12H18N2O2/c1-5-7(2)14-10-6-8(3)13-9(4)11(10)12(15)16/h6-7H,5H2,1-4H3,(H,13,14)(H,15,16). The molecule has 16 heavy (non-hydrogen) atoms. The first-order valence-corrected chi connectivity index (χ1v) is 5.43. The lowest BCUT2D eigenvalue weighted by molar-refractivity contribution is 0.0696. The van der Waals surface area contributed by atoms with Gasteiger partial charge in [0, 0.05) is 11.7 Å². The predicted octanol–water partition coefficient (Wildman–Crippen LogP) is 2.61. The molecule has 0 aromatic carbocycles. The first-order valence-electron chi connectivity index (χ1n) is 5.43. The molecule has 2 N–H and O–H groups in total. The second-order valence-corrected chi connectivity index (χ2v) is 4.03. The first kappa shape index (κ1) is 12.5. The van der Waals surface area contributed by atoms with Crippen molar-refractivity contribution in [3.05, 3.63) is 23.0 Å². The van der Waals surface area contributed by atoms with Gasteiger partial charge >= 0.3 is 5.97 Å². The van der Waals surface area contributed by atoms with Gasteiger partial charge in [0.2, 0.25) is 0 Å². The van der Waals surface area contributed by atoms with E-state index in [9.17, 15) is 4.79 Å². The fourth-order valence-corrected chi connectivity index (χ4v) is 1.58. The minimum Gasteiger partial charge on any atom is -0.478 e. The van der Waals surface area contributed by atoms with Crippen molar-refractivity contribution in [1.29, 1.82) is 0 Å². The topological polar surface area (TPSA) is 62.2 Å². The molecule has 1 heterocycles. The highest BCUT2D eigenvalue weighted by atomic mass is 16.4. The average molecular weight is 222 g/mol. The van der Waals surface area contributed by atoms with Crippen LogP contribution in [-0.4, -0.2) is 22.1 Å². The van der Waals surface area contributed by atoms with Gasteiger partial charge in [-0.05, 0) is 33.3 Å². The molecule has 0 aliphatic rings. The van der Waals surface area contributed by atoms with E-state index >= 15 is 0 Å². The van der Waals surface area contributed by atoms with Crippen molar-refractivity contribution >= 4 is 11.7 Å². The third-order valence-corrected chi connectivity index (χ3v) is 2.56. The van der Waals surface area contributed by atoms with E-state index in [4.69, 9.17) is 5.11 Å². The van der Waals surface area contributed by atoms with Gasteiger partial charge in [-0.2, -0.15) is 0 Å². The molecule has 0 saturated carbocycles. The van der Waals surface area contributed by atoms with Crippen molar-refractivity contribution in [2.45, 2.75) is 40.2 Å². The van der Waals surface area contributed by atoms with E-state index < -0.39 is 5.97 Å². The number of nitrogens with one attached hydrogen (secondary N) is 1. The molecule has 1 unspecified atom stereocenters. The van der Waals surface area contributed by atoms with Crippen LogP contribution in [0.3, 0.4) is 0 Å². The van der Waals surface area contributed by atoms with Gasteiger partial charge in [0.1, 0.15) is 5.56 Å². The van der Waals surface area contributed by atoms with Gasteiger partial charge in [-0.1, -0.05) is 6.92 Å². The maximum absolute atomic E-state index is 11.1. The minimum absolute atomic E-state index is 0.249. The third-order valence-electron chi connectivity index (χ3n) is 2.56. The second-order valence-electron chi connectivity index (χ2n) is 4.03. The zero-order chi connectivity index (χ0) is 12.3. The SMILES string of the molecule is CCC(C)Nc1cc(C)nc(C)c1C(=O)O. The fraction of sp³-hybridized carbons (Fsp3) is 0.500. The normalized spacial score (nSPS) is 12.2. The van der Waals surface area contributed by atoms with Gasteiger partial charge < -0.3 is 10.4 Å². The van der Waals surface area contributed by atoms with Crippen LogP contribution < -0.4 is 5.32 Å². The molecule has 1 aromatic rings. The summed E-state index contributed by atoms with van der Waals surface area (Å²) in [6.07, 6.45) is 0.944. The molecule has 0 fully saturated rings. The van der Waals surface area contributed by atoms with Gasteiger partial charge in [-0.15, -0.1) is 0 Å². The van der Waals surface area contributed by atoms with Gasteiger partial charge in [0.05, 0.1) is 11.4 Å². The van der Waals surface area contributed by atoms with Gasteiger partial charge in [0.25, 0.3) is 0 Å². The Labute approximate surface area is 95.7 Å². The van der Waals surface area contributed by atoms with Crippen LogP contribution >= 0.6 is 0 Å². The zero-order valence-electron chi connectivity index (χ0n) is 10.2. The van der Waals surface area contributed by atoms with Crippen LogP contribution in [-0.2, 0) is 0 Å². The molecule has 0 saturated heterocycles. The Hall–Kier alpha value is -1.58. The van der Waals surface area contributed by atoms with E-state index in [-0.39, 0.29) is 11.6 Å². The molecule has 1 atom stereocenters. The number of pyridine rings is 1. The smallest absolute Gasteiger partial charge is 0.339 e. The minimum atomic E-state index is -0.934. The molecule has 0 spiro atoms. The van der Waals surface area contributed by atoms with Crippen LogP contribution in [0.5, 0.6) is 0 Å². The van der Waals surface area contributed by atoms with Crippen molar-refractivity contribution < 1.29 is 9.90 Å². The first-order chi connectivity index (χ1) is 7.45. The van der Waals surface area contributed by atoms with E-state index in [1.807, 2.05) is 13.8 Å². The number of nitrogens with zero attached hydrogens (tertiary/aromatic N) is 1. The van der Waals surface area contributed by atoms with Gasteiger partial charge in [0.15, 0.2) is 0 Å². The largest absolute Gasteiger partial charge is 0.478 e. The maximum Gasteiger partial charge on any atom is 0.339 e.